The quantitative estimate of drug-likeness (QED) is 0.763. The lowest BCUT2D eigenvalue weighted by Gasteiger charge is -2.24. The van der Waals surface area contributed by atoms with Gasteiger partial charge in [0.25, 0.3) is 0 Å². The molecule has 2 heterocycles. The van der Waals surface area contributed by atoms with E-state index in [1.165, 1.54) is 36.0 Å². The van der Waals surface area contributed by atoms with E-state index in [4.69, 9.17) is 4.74 Å². The number of thioether (sulfide) groups is 1. The third kappa shape index (κ3) is 3.41. The number of ether oxygens (including phenoxy) is 1. The van der Waals surface area contributed by atoms with Crippen molar-refractivity contribution < 1.29 is 27.1 Å². The number of pyridine rings is 1. The highest BCUT2D eigenvalue weighted by atomic mass is 32.2. The molecule has 0 N–H and O–H groups in total. The van der Waals surface area contributed by atoms with Gasteiger partial charge in [-0.2, -0.15) is 13.2 Å². The minimum Gasteiger partial charge on any atom is -0.481 e. The predicted octanol–water partition coefficient (Wildman–Crippen LogP) is 4.03. The largest absolute Gasteiger partial charge is 0.481 e. The minimum absolute atomic E-state index is 0.138. The lowest BCUT2D eigenvalue weighted by Crippen LogP contribution is -2.28. The maximum absolute atomic E-state index is 13.9. The van der Waals surface area contributed by atoms with Crippen LogP contribution < -0.4 is 9.64 Å². The number of anilines is 1. The summed E-state index contributed by atoms with van der Waals surface area (Å²) in [6.45, 7) is 0. The zero-order valence-corrected chi connectivity index (χ0v) is 13.7. The number of amides is 1. The fourth-order valence-corrected chi connectivity index (χ4v) is 3.67. The van der Waals surface area contributed by atoms with Crippen molar-refractivity contribution in [3.8, 4) is 5.88 Å². The molecule has 1 unspecified atom stereocenters. The first kappa shape index (κ1) is 17.5. The fraction of sp³-hybridized carbons (Fsp3) is 0.250. The van der Waals surface area contributed by atoms with Crippen molar-refractivity contribution in [3.05, 3.63) is 53.5 Å². The van der Waals surface area contributed by atoms with Gasteiger partial charge >= 0.3 is 6.18 Å². The van der Waals surface area contributed by atoms with Crippen LogP contribution in [-0.2, 0) is 11.0 Å². The van der Waals surface area contributed by atoms with Gasteiger partial charge in [0, 0.05) is 6.07 Å². The van der Waals surface area contributed by atoms with Crippen LogP contribution in [0.3, 0.4) is 0 Å². The van der Waals surface area contributed by atoms with E-state index < -0.39 is 22.9 Å². The van der Waals surface area contributed by atoms with Crippen LogP contribution >= 0.6 is 11.8 Å². The van der Waals surface area contributed by atoms with E-state index in [1.807, 2.05) is 0 Å². The van der Waals surface area contributed by atoms with Crippen LogP contribution in [0.5, 0.6) is 5.88 Å². The standard InChI is InChI=1S/C16H12F4N2O2S/c1-24-13-5-3-10(7-21-13)22-14(23)8-25-15(22)9-2-4-11(12(17)6-9)16(18,19)20/h2-7,15H,8H2,1H3. The normalized spacial score (nSPS) is 17.9. The molecule has 1 saturated heterocycles. The zero-order valence-electron chi connectivity index (χ0n) is 12.9. The van der Waals surface area contributed by atoms with E-state index >= 15 is 0 Å². The van der Waals surface area contributed by atoms with E-state index in [0.717, 1.165) is 6.07 Å². The molecule has 9 heteroatoms. The van der Waals surface area contributed by atoms with Crippen LogP contribution in [-0.4, -0.2) is 23.8 Å². The third-order valence-electron chi connectivity index (χ3n) is 3.66. The van der Waals surface area contributed by atoms with Crippen LogP contribution in [0.2, 0.25) is 0 Å². The number of nitrogens with zero attached hydrogens (tertiary/aromatic N) is 2. The van der Waals surface area contributed by atoms with Crippen molar-refractivity contribution in [2.75, 3.05) is 17.8 Å². The van der Waals surface area contributed by atoms with Gasteiger partial charge < -0.3 is 4.74 Å². The first-order valence-corrected chi connectivity index (χ1v) is 8.16. The summed E-state index contributed by atoms with van der Waals surface area (Å²) in [5.74, 6) is -1.10. The minimum atomic E-state index is -4.76. The van der Waals surface area contributed by atoms with Crippen molar-refractivity contribution in [2.24, 2.45) is 0 Å². The van der Waals surface area contributed by atoms with Crippen molar-refractivity contribution in [1.82, 2.24) is 4.98 Å². The Morgan fingerprint density at radius 1 is 1.28 bits per heavy atom. The van der Waals surface area contributed by atoms with Crippen LogP contribution in [0.15, 0.2) is 36.5 Å². The van der Waals surface area contributed by atoms with Gasteiger partial charge in [-0.25, -0.2) is 9.37 Å². The molecule has 0 aliphatic carbocycles. The van der Waals surface area contributed by atoms with Crippen LogP contribution in [0.1, 0.15) is 16.5 Å². The van der Waals surface area contributed by atoms with E-state index in [2.05, 4.69) is 4.98 Å². The molecule has 1 aliphatic rings. The molecule has 0 radical (unpaired) electrons. The summed E-state index contributed by atoms with van der Waals surface area (Å²) in [4.78, 5) is 17.6. The van der Waals surface area contributed by atoms with Crippen LogP contribution in [0.25, 0.3) is 0 Å². The van der Waals surface area contributed by atoms with Crippen molar-refractivity contribution in [1.29, 1.82) is 0 Å². The number of benzene rings is 1. The van der Waals surface area contributed by atoms with Gasteiger partial charge in [0.2, 0.25) is 11.8 Å². The highest BCUT2D eigenvalue weighted by molar-refractivity contribution is 8.00. The maximum Gasteiger partial charge on any atom is 0.419 e. The molecule has 132 valence electrons. The lowest BCUT2D eigenvalue weighted by atomic mass is 10.1. The second-order valence-corrected chi connectivity index (χ2v) is 6.29. The summed E-state index contributed by atoms with van der Waals surface area (Å²) >= 11 is 1.21. The summed E-state index contributed by atoms with van der Waals surface area (Å²) in [6, 6.07) is 5.88. The van der Waals surface area contributed by atoms with E-state index in [-0.39, 0.29) is 17.2 Å². The second-order valence-electron chi connectivity index (χ2n) is 5.22. The molecular formula is C16H12F4N2O2S. The molecule has 0 saturated carbocycles. The van der Waals surface area contributed by atoms with E-state index in [9.17, 15) is 22.4 Å². The molecule has 3 rings (SSSR count). The van der Waals surface area contributed by atoms with Gasteiger partial charge in [0.1, 0.15) is 11.2 Å². The van der Waals surface area contributed by atoms with E-state index in [1.54, 1.807) is 12.1 Å². The molecule has 1 aliphatic heterocycles. The zero-order chi connectivity index (χ0) is 18.2. The highest BCUT2D eigenvalue weighted by Crippen LogP contribution is 2.43. The summed E-state index contributed by atoms with van der Waals surface area (Å²) in [7, 11) is 1.45. The number of alkyl halides is 3. The number of halogens is 4. The number of methoxy groups -OCH3 is 1. The summed E-state index contributed by atoms with van der Waals surface area (Å²) in [6.07, 6.45) is -3.34. The molecule has 0 spiro atoms. The van der Waals surface area contributed by atoms with Crippen LogP contribution in [0.4, 0.5) is 23.2 Å². The number of hydrogen-bond donors (Lipinski definition) is 0. The molecule has 1 aromatic heterocycles. The topological polar surface area (TPSA) is 42.4 Å². The van der Waals surface area contributed by atoms with Crippen molar-refractivity contribution in [3.63, 3.8) is 0 Å². The molecule has 1 atom stereocenters. The average Bonchev–Trinajstić information content (AvgIpc) is 2.95. The second kappa shape index (κ2) is 6.55. The fourth-order valence-electron chi connectivity index (χ4n) is 2.50. The first-order chi connectivity index (χ1) is 11.8. The molecule has 1 fully saturated rings. The summed E-state index contributed by atoms with van der Waals surface area (Å²) in [5, 5.41) is -0.625. The molecule has 1 aromatic carbocycles. The maximum atomic E-state index is 13.9. The molecule has 1 amide bonds. The molecule has 25 heavy (non-hydrogen) atoms. The number of aromatic nitrogens is 1. The van der Waals surface area contributed by atoms with Crippen molar-refractivity contribution in [2.45, 2.75) is 11.6 Å². The van der Waals surface area contributed by atoms with Gasteiger partial charge in [0.15, 0.2) is 0 Å². The molecule has 4 nitrogen and oxygen atoms in total. The Morgan fingerprint density at radius 3 is 2.60 bits per heavy atom. The number of carbonyl (C=O) groups excluding carboxylic acids is 1. The average molecular weight is 372 g/mol. The molecular weight excluding hydrogens is 360 g/mol. The smallest absolute Gasteiger partial charge is 0.419 e. The summed E-state index contributed by atoms with van der Waals surface area (Å²) < 4.78 is 56.9. The van der Waals surface area contributed by atoms with E-state index in [0.29, 0.717) is 17.6 Å². The Labute approximate surface area is 144 Å². The van der Waals surface area contributed by atoms with Gasteiger partial charge in [-0.1, -0.05) is 6.07 Å². The summed E-state index contributed by atoms with van der Waals surface area (Å²) in [5.41, 5.74) is -0.596. The van der Waals surface area contributed by atoms with Gasteiger partial charge in [0.05, 0.1) is 30.3 Å². The SMILES string of the molecule is COc1ccc(N2C(=O)CSC2c2ccc(C(F)(F)F)c(F)c2)cn1. The Bertz CT molecular complexity index is 796. The van der Waals surface area contributed by atoms with Crippen molar-refractivity contribution >= 4 is 23.4 Å². The van der Waals surface area contributed by atoms with Gasteiger partial charge in [-0.15, -0.1) is 11.8 Å². The van der Waals surface area contributed by atoms with Gasteiger partial charge in [-0.3, -0.25) is 9.69 Å². The highest BCUT2D eigenvalue weighted by Gasteiger charge is 2.37. The Morgan fingerprint density at radius 2 is 2.04 bits per heavy atom. The number of carbonyl (C=O) groups is 1. The predicted molar refractivity (Wildman–Crippen MR) is 84.9 cm³/mol. The number of hydrogen-bond acceptors (Lipinski definition) is 4. The van der Waals surface area contributed by atoms with Crippen LogP contribution in [0, 0.1) is 5.82 Å². The monoisotopic (exact) mass is 372 g/mol. The molecule has 2 aromatic rings. The Kier molecular flexibility index (Phi) is 4.59. The lowest BCUT2D eigenvalue weighted by molar-refractivity contribution is -0.140. The number of rotatable bonds is 3. The van der Waals surface area contributed by atoms with Gasteiger partial charge in [-0.05, 0) is 23.8 Å². The Hall–Kier alpha value is -2.29. The first-order valence-electron chi connectivity index (χ1n) is 7.11. The Balaban J connectivity index is 1.95. The molecule has 0 bridgehead atoms. The third-order valence-corrected chi connectivity index (χ3v) is 4.87.